The molecule has 0 aromatic heterocycles. The highest BCUT2D eigenvalue weighted by molar-refractivity contribution is 7.78. The number of alkyl halides is 3. The van der Waals surface area contributed by atoms with Crippen LogP contribution in [0.2, 0.25) is 0 Å². The second-order valence-corrected chi connectivity index (χ2v) is 5.69. The molecule has 0 heterocycles. The van der Waals surface area contributed by atoms with Crippen molar-refractivity contribution in [3.05, 3.63) is 29.3 Å². The van der Waals surface area contributed by atoms with Crippen molar-refractivity contribution in [1.29, 1.82) is 5.26 Å². The number of amides is 1. The molecule has 1 amide bonds. The number of thiocarbonyl (C=S) groups is 1. The fraction of sp³-hybridized carbons (Fsp3) is 0.400. The summed E-state index contributed by atoms with van der Waals surface area (Å²) < 4.78 is 39.0. The summed E-state index contributed by atoms with van der Waals surface area (Å²) in [6, 6.07) is 4.66. The van der Waals surface area contributed by atoms with Gasteiger partial charge < -0.3 is 9.80 Å². The monoisotopic (exact) mass is 343 g/mol. The topological polar surface area (TPSA) is 47.3 Å². The van der Waals surface area contributed by atoms with E-state index >= 15 is 0 Å². The maximum absolute atomic E-state index is 13.0. The maximum atomic E-state index is 13.0. The van der Waals surface area contributed by atoms with Gasteiger partial charge in [-0.05, 0) is 32.0 Å². The van der Waals surface area contributed by atoms with Crippen molar-refractivity contribution < 1.29 is 18.0 Å². The number of nitrogens with zero attached hydrogens (tertiary/aromatic N) is 3. The molecule has 0 spiro atoms. The molecule has 0 radical (unpaired) electrons. The second kappa shape index (κ2) is 6.54. The van der Waals surface area contributed by atoms with Gasteiger partial charge in [0, 0.05) is 19.8 Å². The normalized spacial score (nSPS) is 11.6. The molecular formula is C15H16F3N3OS. The molecule has 0 unspecified atom stereocenters. The number of carbonyl (C=O) groups is 1. The molecule has 1 aromatic carbocycles. The minimum Gasteiger partial charge on any atom is -0.358 e. The van der Waals surface area contributed by atoms with Crippen LogP contribution >= 0.6 is 12.2 Å². The molecule has 0 aliphatic rings. The molecule has 0 atom stereocenters. The molecule has 23 heavy (non-hydrogen) atoms. The van der Waals surface area contributed by atoms with Gasteiger partial charge in [-0.15, -0.1) is 0 Å². The van der Waals surface area contributed by atoms with Crippen molar-refractivity contribution >= 4 is 29.3 Å². The highest BCUT2D eigenvalue weighted by Crippen LogP contribution is 2.34. The molecule has 0 fully saturated rings. The van der Waals surface area contributed by atoms with Crippen LogP contribution in [0.1, 0.15) is 25.0 Å². The first-order valence-corrected chi connectivity index (χ1v) is 7.01. The first-order chi connectivity index (χ1) is 10.5. The molecule has 0 aliphatic heterocycles. The average molecular weight is 343 g/mol. The van der Waals surface area contributed by atoms with Gasteiger partial charge >= 0.3 is 6.18 Å². The van der Waals surface area contributed by atoms with Crippen molar-refractivity contribution in [1.82, 2.24) is 4.90 Å². The van der Waals surface area contributed by atoms with Crippen LogP contribution in [-0.2, 0) is 11.0 Å². The molecule has 124 valence electrons. The predicted octanol–water partition coefficient (Wildman–Crippen LogP) is 3.21. The molecule has 8 heteroatoms. The first kappa shape index (κ1) is 18.9. The minimum atomic E-state index is -4.67. The summed E-state index contributed by atoms with van der Waals surface area (Å²) in [5, 5.41) is 8.80. The summed E-state index contributed by atoms with van der Waals surface area (Å²) in [6.45, 7) is 3.23. The number of anilines is 1. The summed E-state index contributed by atoms with van der Waals surface area (Å²) in [6.07, 6.45) is -4.67. The predicted molar refractivity (Wildman–Crippen MR) is 85.1 cm³/mol. The lowest BCUT2D eigenvalue weighted by atomic mass is 10.0. The van der Waals surface area contributed by atoms with Crippen LogP contribution in [0.15, 0.2) is 18.2 Å². The van der Waals surface area contributed by atoms with Crippen molar-refractivity contribution in [2.45, 2.75) is 25.6 Å². The SMILES string of the molecule is CN(C(=O)C(C)(C)N(C)C=S)c1ccc(C#N)c(C(F)(F)F)c1. The van der Waals surface area contributed by atoms with E-state index in [9.17, 15) is 18.0 Å². The van der Waals surface area contributed by atoms with Crippen LogP contribution in [0.5, 0.6) is 0 Å². The lowest BCUT2D eigenvalue weighted by Gasteiger charge is -2.36. The van der Waals surface area contributed by atoms with Gasteiger partial charge in [-0.3, -0.25) is 4.79 Å². The molecule has 0 saturated heterocycles. The van der Waals surface area contributed by atoms with Gasteiger partial charge in [-0.1, -0.05) is 12.2 Å². The van der Waals surface area contributed by atoms with E-state index in [1.165, 1.54) is 29.6 Å². The number of hydrogen-bond acceptors (Lipinski definition) is 3. The molecule has 1 aromatic rings. The summed E-state index contributed by atoms with van der Waals surface area (Å²) >= 11 is 4.79. The van der Waals surface area contributed by atoms with Gasteiger partial charge in [0.1, 0.15) is 5.54 Å². The van der Waals surface area contributed by atoms with E-state index in [0.29, 0.717) is 0 Å². The van der Waals surface area contributed by atoms with Crippen LogP contribution in [0, 0.1) is 11.3 Å². The standard InChI is InChI=1S/C15H16F3N3OS/c1-14(2,20(3)9-23)13(22)21(4)11-6-5-10(8-19)12(7-11)15(16,17)18/h5-7,9H,1-4H3. The summed E-state index contributed by atoms with van der Waals surface area (Å²) in [7, 11) is 2.99. The Kier molecular flexibility index (Phi) is 5.38. The van der Waals surface area contributed by atoms with E-state index < -0.39 is 28.7 Å². The van der Waals surface area contributed by atoms with Gasteiger partial charge in [0.25, 0.3) is 5.91 Å². The third-order valence-electron chi connectivity index (χ3n) is 3.68. The third-order valence-corrected chi connectivity index (χ3v) is 4.00. The number of hydrogen-bond donors (Lipinski definition) is 0. The van der Waals surface area contributed by atoms with Crippen LogP contribution in [-0.4, -0.2) is 35.9 Å². The van der Waals surface area contributed by atoms with E-state index in [2.05, 4.69) is 0 Å². The molecular weight excluding hydrogens is 327 g/mol. The Bertz CT molecular complexity index is 665. The fourth-order valence-electron chi connectivity index (χ4n) is 1.88. The van der Waals surface area contributed by atoms with E-state index in [1.807, 2.05) is 0 Å². The average Bonchev–Trinajstić information content (AvgIpc) is 2.50. The Morgan fingerprint density at radius 2 is 1.87 bits per heavy atom. The number of benzene rings is 1. The Hall–Kier alpha value is -2.14. The van der Waals surface area contributed by atoms with E-state index in [-0.39, 0.29) is 5.69 Å². The number of halogens is 3. The Morgan fingerprint density at radius 1 is 1.30 bits per heavy atom. The van der Waals surface area contributed by atoms with Gasteiger partial charge in [0.05, 0.1) is 22.7 Å². The highest BCUT2D eigenvalue weighted by Gasteiger charge is 2.37. The zero-order valence-electron chi connectivity index (χ0n) is 13.1. The number of likely N-dealkylation sites (N-methyl/N-ethyl adjacent to an activating group) is 2. The van der Waals surface area contributed by atoms with Crippen LogP contribution in [0.3, 0.4) is 0 Å². The Labute approximate surface area is 138 Å². The summed E-state index contributed by atoms with van der Waals surface area (Å²) in [5.74, 6) is -0.432. The quantitative estimate of drug-likeness (QED) is 0.788. The van der Waals surface area contributed by atoms with Crippen molar-refractivity contribution in [2.75, 3.05) is 19.0 Å². The second-order valence-electron chi connectivity index (χ2n) is 5.48. The van der Waals surface area contributed by atoms with Gasteiger partial charge in [-0.25, -0.2) is 0 Å². The Balaban J connectivity index is 3.30. The van der Waals surface area contributed by atoms with Crippen molar-refractivity contribution in [2.24, 2.45) is 0 Å². The minimum absolute atomic E-state index is 0.0483. The zero-order valence-corrected chi connectivity index (χ0v) is 13.9. The number of nitriles is 1. The summed E-state index contributed by atoms with van der Waals surface area (Å²) in [5.41, 5.74) is -1.24. The Morgan fingerprint density at radius 3 is 2.30 bits per heavy atom. The molecule has 1 rings (SSSR count). The van der Waals surface area contributed by atoms with E-state index in [0.717, 1.165) is 17.0 Å². The molecule has 0 bridgehead atoms. The molecule has 0 saturated carbocycles. The van der Waals surface area contributed by atoms with E-state index in [1.54, 1.807) is 20.9 Å². The first-order valence-electron chi connectivity index (χ1n) is 6.54. The molecule has 4 nitrogen and oxygen atoms in total. The number of rotatable bonds is 4. The van der Waals surface area contributed by atoms with Crippen LogP contribution < -0.4 is 4.90 Å². The largest absolute Gasteiger partial charge is 0.417 e. The maximum Gasteiger partial charge on any atom is 0.417 e. The fourth-order valence-corrected chi connectivity index (χ4v) is 2.15. The van der Waals surface area contributed by atoms with Crippen LogP contribution in [0.4, 0.5) is 18.9 Å². The van der Waals surface area contributed by atoms with Crippen LogP contribution in [0.25, 0.3) is 0 Å². The lowest BCUT2D eigenvalue weighted by Crippen LogP contribution is -2.53. The molecule has 0 N–H and O–H groups in total. The highest BCUT2D eigenvalue weighted by atomic mass is 32.1. The number of carbonyl (C=O) groups excluding carboxylic acids is 1. The van der Waals surface area contributed by atoms with Gasteiger partial charge in [0.2, 0.25) is 0 Å². The lowest BCUT2D eigenvalue weighted by molar-refractivity contribution is -0.137. The van der Waals surface area contributed by atoms with E-state index in [4.69, 9.17) is 17.5 Å². The zero-order chi connectivity index (χ0) is 18.0. The van der Waals surface area contributed by atoms with Gasteiger partial charge in [-0.2, -0.15) is 18.4 Å². The smallest absolute Gasteiger partial charge is 0.358 e. The van der Waals surface area contributed by atoms with Gasteiger partial charge in [0.15, 0.2) is 0 Å². The van der Waals surface area contributed by atoms with Crippen molar-refractivity contribution in [3.63, 3.8) is 0 Å². The summed E-state index contributed by atoms with van der Waals surface area (Å²) in [4.78, 5) is 15.2. The third kappa shape index (κ3) is 3.79. The molecule has 0 aliphatic carbocycles. The van der Waals surface area contributed by atoms with Crippen molar-refractivity contribution in [3.8, 4) is 6.07 Å².